The third-order valence-corrected chi connectivity index (χ3v) is 5.52. The summed E-state index contributed by atoms with van der Waals surface area (Å²) in [4.78, 5) is 25.2. The number of hydrogen-bond acceptors (Lipinski definition) is 5. The molecule has 0 aliphatic heterocycles. The van der Waals surface area contributed by atoms with Crippen molar-refractivity contribution in [3.8, 4) is 0 Å². The molecule has 0 spiro atoms. The zero-order valence-corrected chi connectivity index (χ0v) is 17.4. The molecule has 7 nitrogen and oxygen atoms in total. The Kier molecular flexibility index (Phi) is 6.61. The smallest absolute Gasteiger partial charge is 0.265 e. The van der Waals surface area contributed by atoms with E-state index in [0.717, 1.165) is 5.82 Å². The van der Waals surface area contributed by atoms with Crippen LogP contribution in [-0.4, -0.2) is 33.1 Å². The molecule has 0 radical (unpaired) electrons. The van der Waals surface area contributed by atoms with Crippen LogP contribution in [0.4, 0.5) is 5.69 Å². The SMILES string of the molecule is CCn1c(CCNC(=O)c2ccc(Cl)c(NC(=O)c3cccs3)c2)n[nH]c1=S. The zero-order valence-electron chi connectivity index (χ0n) is 15.0. The van der Waals surface area contributed by atoms with Gasteiger partial charge in [0.05, 0.1) is 15.6 Å². The van der Waals surface area contributed by atoms with E-state index in [1.165, 1.54) is 11.3 Å². The number of rotatable bonds is 7. The normalized spacial score (nSPS) is 10.6. The largest absolute Gasteiger partial charge is 0.352 e. The number of nitrogens with one attached hydrogen (secondary N) is 3. The van der Waals surface area contributed by atoms with Gasteiger partial charge in [0.25, 0.3) is 11.8 Å². The topological polar surface area (TPSA) is 91.8 Å². The summed E-state index contributed by atoms with van der Waals surface area (Å²) in [5.41, 5.74) is 0.792. The molecule has 3 N–H and O–H groups in total. The van der Waals surface area contributed by atoms with Crippen molar-refractivity contribution in [2.45, 2.75) is 19.9 Å². The third kappa shape index (κ3) is 4.67. The first-order chi connectivity index (χ1) is 13.5. The molecule has 0 atom stereocenters. The van der Waals surface area contributed by atoms with Crippen LogP contribution in [0.3, 0.4) is 0 Å². The lowest BCUT2D eigenvalue weighted by Gasteiger charge is -2.10. The van der Waals surface area contributed by atoms with E-state index in [2.05, 4.69) is 20.8 Å². The van der Waals surface area contributed by atoms with E-state index in [-0.39, 0.29) is 11.8 Å². The predicted octanol–water partition coefficient (Wildman–Crippen LogP) is 3.90. The lowest BCUT2D eigenvalue weighted by atomic mass is 10.2. The van der Waals surface area contributed by atoms with Gasteiger partial charge in [-0.2, -0.15) is 5.10 Å². The highest BCUT2D eigenvalue weighted by atomic mass is 35.5. The molecule has 1 aromatic carbocycles. The quantitative estimate of drug-likeness (QED) is 0.491. The number of thiophene rings is 1. The summed E-state index contributed by atoms with van der Waals surface area (Å²) in [6.07, 6.45) is 0.544. The molecule has 0 fully saturated rings. The molecule has 146 valence electrons. The van der Waals surface area contributed by atoms with E-state index in [1.54, 1.807) is 30.3 Å². The number of benzene rings is 1. The molecule has 3 rings (SSSR count). The number of amides is 2. The minimum absolute atomic E-state index is 0.263. The van der Waals surface area contributed by atoms with E-state index in [1.807, 2.05) is 16.9 Å². The molecule has 0 saturated carbocycles. The lowest BCUT2D eigenvalue weighted by Crippen LogP contribution is -2.26. The summed E-state index contributed by atoms with van der Waals surface area (Å²) in [5, 5.41) is 14.7. The first-order valence-corrected chi connectivity index (χ1v) is 10.2. The van der Waals surface area contributed by atoms with Crippen molar-refractivity contribution in [3.05, 3.63) is 61.8 Å². The average Bonchev–Trinajstić information content (AvgIpc) is 3.33. The van der Waals surface area contributed by atoms with Crippen molar-refractivity contribution >= 4 is 52.7 Å². The lowest BCUT2D eigenvalue weighted by molar-refractivity contribution is 0.0952. The molecule has 10 heteroatoms. The molecule has 0 aliphatic rings. The van der Waals surface area contributed by atoms with Gasteiger partial charge in [-0.3, -0.25) is 14.7 Å². The van der Waals surface area contributed by atoms with Gasteiger partial charge in [-0.25, -0.2) is 0 Å². The molecular formula is C18H18ClN5O2S2. The van der Waals surface area contributed by atoms with E-state index >= 15 is 0 Å². The molecule has 2 aromatic heterocycles. The second-order valence-electron chi connectivity index (χ2n) is 5.82. The standard InChI is InChI=1S/C18H18ClN5O2S2/c1-2-24-15(22-23-18(24)27)7-8-20-16(25)11-5-6-12(19)13(10-11)21-17(26)14-4-3-9-28-14/h3-6,9-10H,2,7-8H2,1H3,(H,20,25)(H,21,26)(H,23,27). The van der Waals surface area contributed by atoms with Crippen LogP contribution in [0.25, 0.3) is 0 Å². The monoisotopic (exact) mass is 435 g/mol. The minimum Gasteiger partial charge on any atom is -0.352 e. The molecule has 0 aliphatic carbocycles. The average molecular weight is 436 g/mol. The van der Waals surface area contributed by atoms with Crippen LogP contribution in [0.2, 0.25) is 5.02 Å². The summed E-state index contributed by atoms with van der Waals surface area (Å²) in [6.45, 7) is 3.09. The fourth-order valence-corrected chi connectivity index (χ4v) is 3.67. The van der Waals surface area contributed by atoms with E-state index in [0.29, 0.717) is 45.4 Å². The number of carbonyl (C=O) groups excluding carboxylic acids is 2. The number of H-pyrrole nitrogens is 1. The van der Waals surface area contributed by atoms with Crippen LogP contribution in [0.5, 0.6) is 0 Å². The highest BCUT2D eigenvalue weighted by Gasteiger charge is 2.13. The molecule has 3 aromatic rings. The van der Waals surface area contributed by atoms with Gasteiger partial charge in [-0.15, -0.1) is 11.3 Å². The van der Waals surface area contributed by atoms with Gasteiger partial charge in [0.2, 0.25) is 0 Å². The third-order valence-electron chi connectivity index (χ3n) is 4.01. The Balaban J connectivity index is 1.63. The molecular weight excluding hydrogens is 418 g/mol. The number of anilines is 1. The van der Waals surface area contributed by atoms with Crippen LogP contribution < -0.4 is 10.6 Å². The predicted molar refractivity (Wildman–Crippen MR) is 113 cm³/mol. The number of aromatic amines is 1. The Morgan fingerprint density at radius 1 is 1.32 bits per heavy atom. The van der Waals surface area contributed by atoms with Gasteiger partial charge in [-0.05, 0) is 48.8 Å². The van der Waals surface area contributed by atoms with Gasteiger partial charge in [0, 0.05) is 25.1 Å². The van der Waals surface area contributed by atoms with Crippen molar-refractivity contribution in [2.75, 3.05) is 11.9 Å². The fraction of sp³-hybridized carbons (Fsp3) is 0.222. The molecule has 2 heterocycles. The van der Waals surface area contributed by atoms with E-state index < -0.39 is 0 Å². The maximum absolute atomic E-state index is 12.5. The number of nitrogens with zero attached hydrogens (tertiary/aromatic N) is 2. The van der Waals surface area contributed by atoms with Crippen LogP contribution in [0.15, 0.2) is 35.7 Å². The van der Waals surface area contributed by atoms with Gasteiger partial charge < -0.3 is 15.2 Å². The number of carbonyl (C=O) groups is 2. The summed E-state index contributed by atoms with van der Waals surface area (Å²) >= 11 is 12.6. The first-order valence-electron chi connectivity index (χ1n) is 8.56. The van der Waals surface area contributed by atoms with Crippen LogP contribution in [-0.2, 0) is 13.0 Å². The van der Waals surface area contributed by atoms with Crippen molar-refractivity contribution < 1.29 is 9.59 Å². The van der Waals surface area contributed by atoms with Gasteiger partial charge in [0.15, 0.2) is 4.77 Å². The van der Waals surface area contributed by atoms with Gasteiger partial charge in [-0.1, -0.05) is 17.7 Å². The summed E-state index contributed by atoms with van der Waals surface area (Å²) < 4.78 is 2.44. The zero-order chi connectivity index (χ0) is 20.1. The van der Waals surface area contributed by atoms with Crippen molar-refractivity contribution in [1.29, 1.82) is 0 Å². The van der Waals surface area contributed by atoms with Crippen LogP contribution in [0.1, 0.15) is 32.8 Å². The van der Waals surface area contributed by atoms with Gasteiger partial charge >= 0.3 is 0 Å². The van der Waals surface area contributed by atoms with E-state index in [9.17, 15) is 9.59 Å². The Morgan fingerprint density at radius 3 is 2.86 bits per heavy atom. The van der Waals surface area contributed by atoms with Crippen LogP contribution >= 0.6 is 35.2 Å². The van der Waals surface area contributed by atoms with Crippen molar-refractivity contribution in [3.63, 3.8) is 0 Å². The molecule has 28 heavy (non-hydrogen) atoms. The molecule has 2 amide bonds. The molecule has 0 bridgehead atoms. The second-order valence-corrected chi connectivity index (χ2v) is 7.56. The summed E-state index contributed by atoms with van der Waals surface area (Å²) in [6, 6.07) is 8.27. The minimum atomic E-state index is -0.267. The van der Waals surface area contributed by atoms with Gasteiger partial charge in [0.1, 0.15) is 5.82 Å². The number of hydrogen-bond donors (Lipinski definition) is 3. The maximum atomic E-state index is 12.5. The molecule has 0 saturated heterocycles. The van der Waals surface area contributed by atoms with Crippen molar-refractivity contribution in [1.82, 2.24) is 20.1 Å². The Bertz CT molecular complexity index is 1040. The van der Waals surface area contributed by atoms with Crippen molar-refractivity contribution in [2.24, 2.45) is 0 Å². The number of aromatic nitrogens is 3. The highest BCUT2D eigenvalue weighted by molar-refractivity contribution is 7.71. The Hall–Kier alpha value is -2.49. The highest BCUT2D eigenvalue weighted by Crippen LogP contribution is 2.24. The fourth-order valence-electron chi connectivity index (χ4n) is 2.61. The maximum Gasteiger partial charge on any atom is 0.265 e. The Labute approximate surface area is 175 Å². The summed E-state index contributed by atoms with van der Waals surface area (Å²) in [7, 11) is 0. The summed E-state index contributed by atoms with van der Waals surface area (Å²) in [5.74, 6) is 0.255. The van der Waals surface area contributed by atoms with E-state index in [4.69, 9.17) is 23.8 Å². The van der Waals surface area contributed by atoms with Crippen LogP contribution in [0, 0.1) is 4.77 Å². The number of halogens is 1. The second kappa shape index (κ2) is 9.13. The Morgan fingerprint density at radius 2 is 2.14 bits per heavy atom. The first kappa shape index (κ1) is 20.2. The molecule has 0 unspecified atom stereocenters.